The molecule has 0 heterocycles. The lowest BCUT2D eigenvalue weighted by Gasteiger charge is -2.08. The molecule has 0 saturated heterocycles. The monoisotopic (exact) mass is 433 g/mol. The van der Waals surface area contributed by atoms with E-state index in [1.807, 2.05) is 0 Å². The van der Waals surface area contributed by atoms with Crippen LogP contribution in [0, 0.1) is 5.92 Å². The van der Waals surface area contributed by atoms with E-state index in [1.165, 1.54) is 6.42 Å². The predicted molar refractivity (Wildman–Crippen MR) is 120 cm³/mol. The first-order valence-electron chi connectivity index (χ1n) is 11.8. The fraction of sp³-hybridized carbons (Fsp3) is 0.957. The highest BCUT2D eigenvalue weighted by Crippen LogP contribution is 2.06. The molecule has 0 spiro atoms. The molecule has 0 rings (SSSR count). The fourth-order valence-corrected chi connectivity index (χ4v) is 2.81. The first-order valence-corrected chi connectivity index (χ1v) is 11.8. The molecule has 0 aromatic carbocycles. The summed E-state index contributed by atoms with van der Waals surface area (Å²) in [6, 6.07) is 0. The quantitative estimate of drug-likeness (QED) is 0.227. The highest BCUT2D eigenvalue weighted by Gasteiger charge is 2.00. The number of aliphatic hydroxyl groups is 1. The molecule has 0 aliphatic carbocycles. The van der Waals surface area contributed by atoms with Crippen molar-refractivity contribution >= 4 is 5.91 Å². The van der Waals surface area contributed by atoms with Crippen LogP contribution in [0.25, 0.3) is 0 Å². The maximum Gasteiger partial charge on any atom is 0.220 e. The highest BCUT2D eigenvalue weighted by molar-refractivity contribution is 5.75. The van der Waals surface area contributed by atoms with Gasteiger partial charge in [-0.2, -0.15) is 0 Å². The minimum Gasteiger partial charge on any atom is -0.396 e. The fourth-order valence-electron chi connectivity index (χ4n) is 2.81. The number of ether oxygens (including phenoxy) is 4. The summed E-state index contributed by atoms with van der Waals surface area (Å²) < 4.78 is 21.8. The van der Waals surface area contributed by atoms with Gasteiger partial charge in [0.2, 0.25) is 5.91 Å². The molecule has 1 amide bonds. The van der Waals surface area contributed by atoms with Crippen LogP contribution in [0.1, 0.15) is 71.6 Å². The van der Waals surface area contributed by atoms with Gasteiger partial charge in [-0.25, -0.2) is 0 Å². The lowest BCUT2D eigenvalue weighted by atomic mass is 10.1. The van der Waals surface area contributed by atoms with Gasteiger partial charge in [0.1, 0.15) is 0 Å². The second kappa shape index (κ2) is 24.5. The Morgan fingerprint density at radius 3 is 1.77 bits per heavy atom. The molecular formula is C23H47NO6. The van der Waals surface area contributed by atoms with Crippen molar-refractivity contribution in [3.8, 4) is 0 Å². The van der Waals surface area contributed by atoms with Crippen molar-refractivity contribution in [1.82, 2.24) is 5.32 Å². The zero-order chi connectivity index (χ0) is 22.1. The zero-order valence-electron chi connectivity index (χ0n) is 19.5. The standard InChI is InChI=1S/C23H47NO6/c1-22(2)10-9-14-27-16-18-29-20-21-30-19-17-28-15-12-24-23(26)11-7-5-3-4-6-8-13-25/h22,25H,3-21H2,1-2H3,(H,24,26). The number of unbranched alkanes of at least 4 members (excludes halogenated alkanes) is 5. The Balaban J connectivity index is 3.12. The molecule has 0 aliphatic rings. The SMILES string of the molecule is CC(C)CCCOCCOCCOCCOCCNC(=O)CCCCCCCCO. The summed E-state index contributed by atoms with van der Waals surface area (Å²) >= 11 is 0. The molecule has 7 heteroatoms. The molecule has 30 heavy (non-hydrogen) atoms. The van der Waals surface area contributed by atoms with Gasteiger partial charge in [0.05, 0.1) is 46.2 Å². The third-order valence-electron chi connectivity index (χ3n) is 4.57. The van der Waals surface area contributed by atoms with Crippen LogP contribution in [0.3, 0.4) is 0 Å². The Bertz CT molecular complexity index is 355. The Kier molecular flexibility index (Phi) is 23.9. The molecule has 0 saturated carbocycles. The van der Waals surface area contributed by atoms with Crippen molar-refractivity contribution in [2.45, 2.75) is 71.6 Å². The van der Waals surface area contributed by atoms with Crippen LogP contribution < -0.4 is 5.32 Å². The van der Waals surface area contributed by atoms with Crippen molar-refractivity contribution in [3.63, 3.8) is 0 Å². The van der Waals surface area contributed by atoms with Crippen molar-refractivity contribution < 1.29 is 28.8 Å². The summed E-state index contributed by atoms with van der Waals surface area (Å²) in [4.78, 5) is 11.7. The number of rotatable bonds is 24. The molecule has 7 nitrogen and oxygen atoms in total. The van der Waals surface area contributed by atoms with Gasteiger partial charge in [-0.1, -0.05) is 39.5 Å². The Hall–Kier alpha value is -0.730. The average Bonchev–Trinajstić information content (AvgIpc) is 2.72. The van der Waals surface area contributed by atoms with Gasteiger partial charge >= 0.3 is 0 Å². The molecule has 0 fully saturated rings. The zero-order valence-corrected chi connectivity index (χ0v) is 19.5. The van der Waals surface area contributed by atoms with E-state index in [0.29, 0.717) is 59.2 Å². The van der Waals surface area contributed by atoms with Gasteiger partial charge in [-0.3, -0.25) is 4.79 Å². The molecule has 0 atom stereocenters. The largest absolute Gasteiger partial charge is 0.396 e. The van der Waals surface area contributed by atoms with Crippen molar-refractivity contribution in [2.24, 2.45) is 5.92 Å². The van der Waals surface area contributed by atoms with Gasteiger partial charge in [0, 0.05) is 26.2 Å². The van der Waals surface area contributed by atoms with E-state index in [4.69, 9.17) is 24.1 Å². The Morgan fingerprint density at radius 1 is 0.700 bits per heavy atom. The van der Waals surface area contributed by atoms with E-state index < -0.39 is 0 Å². The highest BCUT2D eigenvalue weighted by atomic mass is 16.6. The first kappa shape index (κ1) is 29.3. The number of carbonyl (C=O) groups excluding carboxylic acids is 1. The van der Waals surface area contributed by atoms with Crippen LogP contribution in [0.15, 0.2) is 0 Å². The lowest BCUT2D eigenvalue weighted by Crippen LogP contribution is -2.27. The Labute approximate surface area is 184 Å². The van der Waals surface area contributed by atoms with Crippen LogP contribution in [-0.4, -0.2) is 77.0 Å². The minimum atomic E-state index is 0.0891. The van der Waals surface area contributed by atoms with Gasteiger partial charge in [-0.15, -0.1) is 0 Å². The van der Waals surface area contributed by atoms with E-state index in [-0.39, 0.29) is 12.5 Å². The van der Waals surface area contributed by atoms with E-state index in [0.717, 1.165) is 57.5 Å². The maximum absolute atomic E-state index is 11.7. The van der Waals surface area contributed by atoms with E-state index in [9.17, 15) is 4.79 Å². The number of hydrogen-bond acceptors (Lipinski definition) is 6. The molecule has 0 radical (unpaired) electrons. The first-order chi connectivity index (χ1) is 14.7. The van der Waals surface area contributed by atoms with Crippen molar-refractivity contribution in [3.05, 3.63) is 0 Å². The second-order valence-electron chi connectivity index (χ2n) is 7.93. The third-order valence-corrected chi connectivity index (χ3v) is 4.57. The van der Waals surface area contributed by atoms with E-state index in [2.05, 4.69) is 19.2 Å². The molecular weight excluding hydrogens is 386 g/mol. The average molecular weight is 434 g/mol. The molecule has 0 aromatic heterocycles. The summed E-state index contributed by atoms with van der Waals surface area (Å²) in [7, 11) is 0. The van der Waals surface area contributed by atoms with Gasteiger partial charge in [0.25, 0.3) is 0 Å². The van der Waals surface area contributed by atoms with Gasteiger partial charge in [-0.05, 0) is 31.6 Å². The van der Waals surface area contributed by atoms with Crippen LogP contribution in [0.2, 0.25) is 0 Å². The van der Waals surface area contributed by atoms with Crippen LogP contribution in [0.5, 0.6) is 0 Å². The van der Waals surface area contributed by atoms with Crippen LogP contribution in [0.4, 0.5) is 0 Å². The van der Waals surface area contributed by atoms with Crippen molar-refractivity contribution in [1.29, 1.82) is 0 Å². The smallest absolute Gasteiger partial charge is 0.220 e. The summed E-state index contributed by atoms with van der Waals surface area (Å²) in [6.45, 7) is 9.96. The van der Waals surface area contributed by atoms with Crippen LogP contribution in [-0.2, 0) is 23.7 Å². The third kappa shape index (κ3) is 25.3. The number of amides is 1. The molecule has 2 N–H and O–H groups in total. The number of hydrogen-bond donors (Lipinski definition) is 2. The van der Waals surface area contributed by atoms with Gasteiger partial charge in [0.15, 0.2) is 0 Å². The Morgan fingerprint density at radius 2 is 1.20 bits per heavy atom. The molecule has 0 aromatic rings. The van der Waals surface area contributed by atoms with Crippen LogP contribution >= 0.6 is 0 Å². The number of nitrogens with one attached hydrogen (secondary N) is 1. The normalized spacial score (nSPS) is 11.3. The van der Waals surface area contributed by atoms with Gasteiger partial charge < -0.3 is 29.4 Å². The van der Waals surface area contributed by atoms with E-state index in [1.54, 1.807) is 0 Å². The second-order valence-corrected chi connectivity index (χ2v) is 7.93. The topological polar surface area (TPSA) is 86.3 Å². The number of carbonyl (C=O) groups is 1. The summed E-state index contributed by atoms with van der Waals surface area (Å²) in [5.41, 5.74) is 0. The summed E-state index contributed by atoms with van der Waals surface area (Å²) in [5.74, 6) is 0.824. The lowest BCUT2D eigenvalue weighted by molar-refractivity contribution is -0.121. The molecule has 0 bridgehead atoms. The number of aliphatic hydroxyl groups excluding tert-OH is 1. The van der Waals surface area contributed by atoms with E-state index >= 15 is 0 Å². The molecule has 0 unspecified atom stereocenters. The summed E-state index contributed by atoms with van der Waals surface area (Å²) in [6.07, 6.45) is 9.11. The molecule has 0 aliphatic heterocycles. The minimum absolute atomic E-state index is 0.0891. The maximum atomic E-state index is 11.7. The van der Waals surface area contributed by atoms with Crippen molar-refractivity contribution in [2.75, 3.05) is 66.0 Å². The predicted octanol–water partition coefficient (Wildman–Crippen LogP) is 3.33. The summed E-state index contributed by atoms with van der Waals surface area (Å²) in [5, 5.41) is 11.6. The molecule has 180 valence electrons.